The fourth-order valence-electron chi connectivity index (χ4n) is 3.38. The van der Waals surface area contributed by atoms with Crippen LogP contribution in [0.25, 0.3) is 5.76 Å². The van der Waals surface area contributed by atoms with Crippen LogP contribution in [0.1, 0.15) is 22.6 Å². The van der Waals surface area contributed by atoms with E-state index in [0.717, 1.165) is 28.7 Å². The largest absolute Gasteiger partial charge is 0.497 e. The van der Waals surface area contributed by atoms with E-state index in [9.17, 15) is 9.18 Å². The molecule has 0 saturated heterocycles. The van der Waals surface area contributed by atoms with E-state index in [2.05, 4.69) is 0 Å². The van der Waals surface area contributed by atoms with E-state index < -0.39 is 0 Å². The molecule has 27 heavy (non-hydrogen) atoms. The van der Waals surface area contributed by atoms with Gasteiger partial charge < -0.3 is 9.47 Å². The van der Waals surface area contributed by atoms with Gasteiger partial charge >= 0.3 is 0 Å². The van der Waals surface area contributed by atoms with Crippen LogP contribution in [0.15, 0.2) is 78.4 Å². The average molecular weight is 360 g/mol. The Morgan fingerprint density at radius 1 is 0.963 bits per heavy atom. The maximum absolute atomic E-state index is 13.4. The zero-order valence-electron chi connectivity index (χ0n) is 14.7. The Balaban J connectivity index is 1.91. The quantitative estimate of drug-likeness (QED) is 0.616. The van der Waals surface area contributed by atoms with Crippen molar-refractivity contribution >= 4 is 12.0 Å². The number of fused-ring (bicyclic) bond motifs is 1. The molecule has 0 spiro atoms. The van der Waals surface area contributed by atoms with Gasteiger partial charge in [0.15, 0.2) is 6.29 Å². The van der Waals surface area contributed by atoms with Gasteiger partial charge in [-0.1, -0.05) is 30.3 Å². The van der Waals surface area contributed by atoms with Gasteiger partial charge in [-0.25, -0.2) is 4.39 Å². The summed E-state index contributed by atoms with van der Waals surface area (Å²) in [5.41, 5.74) is 2.99. The van der Waals surface area contributed by atoms with E-state index >= 15 is 0 Å². The molecule has 1 aliphatic rings. The van der Waals surface area contributed by atoms with E-state index in [1.807, 2.05) is 48.5 Å². The fraction of sp³-hybridized carbons (Fsp3) is 0.0870. The van der Waals surface area contributed by atoms with Crippen LogP contribution in [-0.2, 0) is 4.79 Å². The van der Waals surface area contributed by atoms with Crippen LogP contribution in [0.5, 0.6) is 11.5 Å². The van der Waals surface area contributed by atoms with Crippen LogP contribution in [0.4, 0.5) is 4.39 Å². The Morgan fingerprint density at radius 2 is 1.67 bits per heavy atom. The van der Waals surface area contributed by atoms with Crippen molar-refractivity contribution in [2.24, 2.45) is 0 Å². The molecule has 4 rings (SSSR count). The van der Waals surface area contributed by atoms with Crippen LogP contribution in [-0.4, -0.2) is 13.4 Å². The van der Waals surface area contributed by atoms with Crippen molar-refractivity contribution in [2.75, 3.05) is 7.11 Å². The Morgan fingerprint density at radius 3 is 2.33 bits per heavy atom. The lowest BCUT2D eigenvalue weighted by Gasteiger charge is -2.29. The molecule has 0 aromatic heterocycles. The molecule has 0 amide bonds. The number of halogens is 1. The van der Waals surface area contributed by atoms with Gasteiger partial charge in [0.05, 0.1) is 7.11 Å². The number of para-hydroxylation sites is 1. The van der Waals surface area contributed by atoms with Gasteiger partial charge in [-0.2, -0.15) is 0 Å². The summed E-state index contributed by atoms with van der Waals surface area (Å²) in [4.78, 5) is 12.1. The SMILES string of the molecule is COc1ccc(C2=C(C=O)[C@@H](c3ccc(F)cc3)c3ccccc3O2)cc1. The van der Waals surface area contributed by atoms with Crippen molar-refractivity contribution in [1.82, 2.24) is 0 Å². The second-order valence-electron chi connectivity index (χ2n) is 6.26. The number of hydrogen-bond acceptors (Lipinski definition) is 3. The lowest BCUT2D eigenvalue weighted by Crippen LogP contribution is -2.17. The third kappa shape index (κ3) is 3.10. The third-order valence-electron chi connectivity index (χ3n) is 4.70. The molecule has 0 N–H and O–H groups in total. The molecule has 0 aliphatic carbocycles. The van der Waals surface area contributed by atoms with Gasteiger partial charge in [-0.05, 0) is 48.0 Å². The first-order valence-corrected chi connectivity index (χ1v) is 8.57. The van der Waals surface area contributed by atoms with Crippen LogP contribution in [0.2, 0.25) is 0 Å². The molecule has 3 aromatic carbocycles. The number of rotatable bonds is 4. The summed E-state index contributed by atoms with van der Waals surface area (Å²) < 4.78 is 24.7. The highest BCUT2D eigenvalue weighted by atomic mass is 19.1. The molecule has 0 radical (unpaired) electrons. The minimum absolute atomic E-state index is 0.314. The van der Waals surface area contributed by atoms with Crippen molar-refractivity contribution in [1.29, 1.82) is 0 Å². The molecule has 0 fully saturated rings. The summed E-state index contributed by atoms with van der Waals surface area (Å²) >= 11 is 0. The van der Waals surface area contributed by atoms with Gasteiger partial charge in [0, 0.05) is 22.6 Å². The van der Waals surface area contributed by atoms with Crippen LogP contribution < -0.4 is 9.47 Å². The number of carbonyl (C=O) groups excluding carboxylic acids is 1. The first-order chi connectivity index (χ1) is 13.2. The summed E-state index contributed by atoms with van der Waals surface area (Å²) in [5.74, 6) is 1.26. The zero-order valence-corrected chi connectivity index (χ0v) is 14.7. The molecule has 1 heterocycles. The van der Waals surface area contributed by atoms with Crippen molar-refractivity contribution in [2.45, 2.75) is 5.92 Å². The highest BCUT2D eigenvalue weighted by Gasteiger charge is 2.31. The molecule has 3 aromatic rings. The monoisotopic (exact) mass is 360 g/mol. The zero-order chi connectivity index (χ0) is 18.8. The Bertz CT molecular complexity index is 1000. The fourth-order valence-corrected chi connectivity index (χ4v) is 3.38. The van der Waals surface area contributed by atoms with Crippen LogP contribution >= 0.6 is 0 Å². The summed E-state index contributed by atoms with van der Waals surface area (Å²) in [7, 11) is 1.60. The predicted molar refractivity (Wildman–Crippen MR) is 101 cm³/mol. The highest BCUT2D eigenvalue weighted by molar-refractivity contribution is 5.91. The van der Waals surface area contributed by atoms with Crippen molar-refractivity contribution < 1.29 is 18.7 Å². The van der Waals surface area contributed by atoms with E-state index in [1.165, 1.54) is 12.1 Å². The van der Waals surface area contributed by atoms with Crippen molar-refractivity contribution in [3.05, 3.63) is 101 Å². The molecule has 3 nitrogen and oxygen atoms in total. The number of carbonyl (C=O) groups is 1. The van der Waals surface area contributed by atoms with Crippen molar-refractivity contribution in [3.63, 3.8) is 0 Å². The van der Waals surface area contributed by atoms with Crippen molar-refractivity contribution in [3.8, 4) is 11.5 Å². The predicted octanol–water partition coefficient (Wildman–Crippen LogP) is 4.97. The summed E-state index contributed by atoms with van der Waals surface area (Å²) in [6.45, 7) is 0. The van der Waals surface area contributed by atoms with E-state index in [0.29, 0.717) is 17.1 Å². The number of ether oxygens (including phenoxy) is 2. The molecule has 4 heteroatoms. The Hall–Kier alpha value is -3.40. The first kappa shape index (κ1) is 17.0. The van der Waals surface area contributed by atoms with Gasteiger partial charge in [0.2, 0.25) is 0 Å². The maximum atomic E-state index is 13.4. The second-order valence-corrected chi connectivity index (χ2v) is 6.26. The summed E-state index contributed by atoms with van der Waals surface area (Å²) in [6.07, 6.45) is 0.823. The molecule has 1 aliphatic heterocycles. The highest BCUT2D eigenvalue weighted by Crippen LogP contribution is 2.44. The Labute approximate surface area is 156 Å². The number of methoxy groups -OCH3 is 1. The third-order valence-corrected chi connectivity index (χ3v) is 4.70. The van der Waals surface area contributed by atoms with Crippen LogP contribution in [0, 0.1) is 5.82 Å². The molecule has 0 saturated carbocycles. The molecule has 134 valence electrons. The number of benzene rings is 3. The van der Waals surface area contributed by atoms with E-state index in [4.69, 9.17) is 9.47 Å². The molecule has 0 bridgehead atoms. The van der Waals surface area contributed by atoms with E-state index in [-0.39, 0.29) is 11.7 Å². The Kier molecular flexibility index (Phi) is 4.47. The standard InChI is InChI=1S/C23H17FO3/c1-26-18-12-8-16(9-13-18)23-20(14-25)22(15-6-10-17(24)11-7-15)19-4-2-3-5-21(19)27-23/h2-14,22H,1H3/t22-/m0/s1. The lowest BCUT2D eigenvalue weighted by atomic mass is 9.82. The summed E-state index contributed by atoms with van der Waals surface area (Å²) in [5, 5.41) is 0. The number of hydrogen-bond donors (Lipinski definition) is 0. The average Bonchev–Trinajstić information content (AvgIpc) is 2.73. The van der Waals surface area contributed by atoms with E-state index in [1.54, 1.807) is 19.2 Å². The minimum atomic E-state index is -0.329. The molecular formula is C23H17FO3. The molecular weight excluding hydrogens is 343 g/mol. The van der Waals surface area contributed by atoms with Gasteiger partial charge in [-0.3, -0.25) is 4.79 Å². The number of aldehydes is 1. The summed E-state index contributed by atoms with van der Waals surface area (Å²) in [6, 6.07) is 21.2. The smallest absolute Gasteiger partial charge is 0.150 e. The van der Waals surface area contributed by atoms with Gasteiger partial charge in [-0.15, -0.1) is 0 Å². The normalized spacial score (nSPS) is 15.7. The van der Waals surface area contributed by atoms with Gasteiger partial charge in [0.1, 0.15) is 23.1 Å². The first-order valence-electron chi connectivity index (χ1n) is 8.57. The maximum Gasteiger partial charge on any atom is 0.150 e. The lowest BCUT2D eigenvalue weighted by molar-refractivity contribution is -0.105. The second kappa shape index (κ2) is 7.08. The topological polar surface area (TPSA) is 35.5 Å². The molecule has 1 atom stereocenters. The minimum Gasteiger partial charge on any atom is -0.497 e. The van der Waals surface area contributed by atoms with Gasteiger partial charge in [0.25, 0.3) is 0 Å². The van der Waals surface area contributed by atoms with Crippen LogP contribution in [0.3, 0.4) is 0 Å². The molecule has 0 unspecified atom stereocenters. The number of allylic oxidation sites excluding steroid dienone is 1.